The van der Waals surface area contributed by atoms with E-state index in [9.17, 15) is 17.6 Å². The third kappa shape index (κ3) is 2.73. The van der Waals surface area contributed by atoms with E-state index in [-0.39, 0.29) is 5.39 Å². The first-order valence-corrected chi connectivity index (χ1v) is 7.14. The fourth-order valence-electron chi connectivity index (χ4n) is 2.59. The van der Waals surface area contributed by atoms with Crippen LogP contribution in [0, 0.1) is 5.82 Å². The Morgan fingerprint density at radius 1 is 1.04 bits per heavy atom. The van der Waals surface area contributed by atoms with Crippen LogP contribution >= 0.6 is 0 Å². The maximum atomic E-state index is 13.2. The molecule has 2 N–H and O–H groups in total. The Morgan fingerprint density at radius 2 is 1.88 bits per heavy atom. The zero-order valence-electron chi connectivity index (χ0n) is 12.4. The number of hydrogen-bond acceptors (Lipinski definition) is 4. The molecule has 3 aromatic heterocycles. The normalized spacial score (nSPS) is 12.0. The van der Waals surface area contributed by atoms with E-state index < -0.39 is 17.7 Å². The van der Waals surface area contributed by atoms with Crippen molar-refractivity contribution in [1.29, 1.82) is 0 Å². The molecule has 0 aliphatic carbocycles. The minimum Gasteiger partial charge on any atom is -0.337 e. The first-order chi connectivity index (χ1) is 11.9. The van der Waals surface area contributed by atoms with Crippen LogP contribution in [0.3, 0.4) is 0 Å². The van der Waals surface area contributed by atoms with Crippen molar-refractivity contribution in [2.75, 3.05) is 5.32 Å². The molecule has 0 spiro atoms. The van der Waals surface area contributed by atoms with Gasteiger partial charge >= 0.3 is 6.18 Å². The molecule has 126 valence electrons. The summed E-state index contributed by atoms with van der Waals surface area (Å²) < 4.78 is 52.2. The van der Waals surface area contributed by atoms with Gasteiger partial charge in [-0.2, -0.15) is 18.3 Å². The van der Waals surface area contributed by atoms with Gasteiger partial charge in [0.05, 0.1) is 11.7 Å². The van der Waals surface area contributed by atoms with E-state index in [4.69, 9.17) is 0 Å². The van der Waals surface area contributed by atoms with Crippen LogP contribution in [0.5, 0.6) is 0 Å². The Hall–Kier alpha value is -3.23. The lowest BCUT2D eigenvalue weighted by atomic mass is 10.1. The maximum Gasteiger partial charge on any atom is 0.433 e. The lowest BCUT2D eigenvalue weighted by Gasteiger charge is -2.10. The number of aromatic nitrogens is 4. The molecule has 0 aliphatic rings. The number of halogens is 4. The van der Waals surface area contributed by atoms with Crippen molar-refractivity contribution in [1.82, 2.24) is 20.2 Å². The number of alkyl halides is 3. The SMILES string of the molecule is Fc1cnc2c(Nc3ccc4c(C(F)(F)F)nccc4c3)n[nH]c2c1. The summed E-state index contributed by atoms with van der Waals surface area (Å²) >= 11 is 0. The van der Waals surface area contributed by atoms with Crippen molar-refractivity contribution in [2.24, 2.45) is 0 Å². The number of benzene rings is 1. The number of nitrogens with zero attached hydrogens (tertiary/aromatic N) is 3. The summed E-state index contributed by atoms with van der Waals surface area (Å²) in [5, 5.41) is 10.0. The van der Waals surface area contributed by atoms with Crippen molar-refractivity contribution in [2.45, 2.75) is 6.18 Å². The highest BCUT2D eigenvalue weighted by atomic mass is 19.4. The van der Waals surface area contributed by atoms with Gasteiger partial charge in [-0.15, -0.1) is 0 Å². The fourth-order valence-corrected chi connectivity index (χ4v) is 2.59. The second-order valence-corrected chi connectivity index (χ2v) is 5.34. The molecule has 0 atom stereocenters. The smallest absolute Gasteiger partial charge is 0.337 e. The molecule has 4 rings (SSSR count). The molecular formula is C16H9F4N5. The molecule has 5 nitrogen and oxygen atoms in total. The summed E-state index contributed by atoms with van der Waals surface area (Å²) in [7, 11) is 0. The number of H-pyrrole nitrogens is 1. The molecular weight excluding hydrogens is 338 g/mol. The van der Waals surface area contributed by atoms with Gasteiger partial charge in [-0.25, -0.2) is 9.37 Å². The summed E-state index contributed by atoms with van der Waals surface area (Å²) in [6, 6.07) is 7.13. The predicted octanol–water partition coefficient (Wildman–Crippen LogP) is 4.41. The number of hydrogen-bond donors (Lipinski definition) is 2. The molecule has 0 aliphatic heterocycles. The first-order valence-electron chi connectivity index (χ1n) is 7.14. The Balaban J connectivity index is 1.75. The van der Waals surface area contributed by atoms with Crippen LogP contribution in [0.4, 0.5) is 29.1 Å². The van der Waals surface area contributed by atoms with Gasteiger partial charge in [-0.3, -0.25) is 10.1 Å². The van der Waals surface area contributed by atoms with E-state index >= 15 is 0 Å². The Kier molecular flexibility index (Phi) is 3.31. The first kappa shape index (κ1) is 15.3. The predicted molar refractivity (Wildman–Crippen MR) is 83.9 cm³/mol. The minimum absolute atomic E-state index is 0.00707. The summed E-state index contributed by atoms with van der Waals surface area (Å²) in [6.07, 6.45) is -2.35. The zero-order chi connectivity index (χ0) is 17.6. The highest BCUT2D eigenvalue weighted by Gasteiger charge is 2.34. The largest absolute Gasteiger partial charge is 0.433 e. The Bertz CT molecular complexity index is 1090. The van der Waals surface area contributed by atoms with Crippen LogP contribution in [0.15, 0.2) is 42.7 Å². The third-order valence-corrected chi connectivity index (χ3v) is 3.66. The van der Waals surface area contributed by atoms with Gasteiger partial charge in [0, 0.05) is 23.3 Å². The van der Waals surface area contributed by atoms with Gasteiger partial charge in [0.15, 0.2) is 11.5 Å². The number of aromatic amines is 1. The van der Waals surface area contributed by atoms with Crippen LogP contribution in [0.2, 0.25) is 0 Å². The molecule has 9 heteroatoms. The molecule has 0 amide bonds. The monoisotopic (exact) mass is 347 g/mol. The van der Waals surface area contributed by atoms with Crippen LogP contribution in [-0.4, -0.2) is 20.2 Å². The zero-order valence-corrected chi connectivity index (χ0v) is 12.4. The standard InChI is InChI=1S/C16H9F4N5/c17-9-6-12-13(22-7-9)15(25-24-12)23-10-1-2-11-8(5-10)3-4-21-14(11)16(18,19)20/h1-7H,(H2,23,24,25). The molecule has 3 heterocycles. The Labute approximate surface area is 137 Å². The molecule has 0 saturated heterocycles. The number of anilines is 2. The summed E-state index contributed by atoms with van der Waals surface area (Å²) in [5.41, 5.74) is 0.421. The average Bonchev–Trinajstić information content (AvgIpc) is 2.95. The van der Waals surface area contributed by atoms with E-state index in [2.05, 4.69) is 25.5 Å². The second-order valence-electron chi connectivity index (χ2n) is 5.34. The molecule has 0 radical (unpaired) electrons. The summed E-state index contributed by atoms with van der Waals surface area (Å²) in [5.74, 6) is -0.153. The van der Waals surface area contributed by atoms with E-state index in [0.717, 1.165) is 12.4 Å². The van der Waals surface area contributed by atoms with Gasteiger partial charge < -0.3 is 5.32 Å². The topological polar surface area (TPSA) is 66.5 Å². The molecule has 25 heavy (non-hydrogen) atoms. The van der Waals surface area contributed by atoms with E-state index in [0.29, 0.717) is 27.9 Å². The molecule has 0 unspecified atom stereocenters. The van der Waals surface area contributed by atoms with Crippen LogP contribution in [0.25, 0.3) is 21.8 Å². The fraction of sp³-hybridized carbons (Fsp3) is 0.0625. The van der Waals surface area contributed by atoms with Gasteiger partial charge in [-0.05, 0) is 23.6 Å². The Morgan fingerprint density at radius 3 is 2.68 bits per heavy atom. The lowest BCUT2D eigenvalue weighted by Crippen LogP contribution is -2.08. The van der Waals surface area contributed by atoms with Gasteiger partial charge in [0.25, 0.3) is 0 Å². The van der Waals surface area contributed by atoms with Crippen LogP contribution in [0.1, 0.15) is 5.69 Å². The molecule has 4 aromatic rings. The molecule has 0 fully saturated rings. The van der Waals surface area contributed by atoms with Crippen molar-refractivity contribution in [3.05, 3.63) is 54.2 Å². The van der Waals surface area contributed by atoms with E-state index in [1.807, 2.05) is 0 Å². The van der Waals surface area contributed by atoms with Crippen molar-refractivity contribution >= 4 is 33.3 Å². The lowest BCUT2D eigenvalue weighted by molar-refractivity contribution is -0.139. The number of pyridine rings is 2. The maximum absolute atomic E-state index is 13.2. The highest BCUT2D eigenvalue weighted by molar-refractivity contribution is 5.91. The quantitative estimate of drug-likeness (QED) is 0.527. The molecule has 0 saturated carbocycles. The van der Waals surface area contributed by atoms with E-state index in [1.165, 1.54) is 24.3 Å². The minimum atomic E-state index is -4.53. The third-order valence-electron chi connectivity index (χ3n) is 3.66. The van der Waals surface area contributed by atoms with Gasteiger partial charge in [-0.1, -0.05) is 6.07 Å². The van der Waals surface area contributed by atoms with Gasteiger partial charge in [0.1, 0.15) is 11.3 Å². The van der Waals surface area contributed by atoms with Crippen LogP contribution in [-0.2, 0) is 6.18 Å². The summed E-state index contributed by atoms with van der Waals surface area (Å²) in [4.78, 5) is 7.38. The van der Waals surface area contributed by atoms with Gasteiger partial charge in [0.2, 0.25) is 0 Å². The van der Waals surface area contributed by atoms with Crippen molar-refractivity contribution in [3.63, 3.8) is 0 Å². The number of rotatable bonds is 2. The van der Waals surface area contributed by atoms with Crippen LogP contribution < -0.4 is 5.32 Å². The highest BCUT2D eigenvalue weighted by Crippen LogP contribution is 2.34. The number of fused-ring (bicyclic) bond motifs is 2. The van der Waals surface area contributed by atoms with E-state index in [1.54, 1.807) is 6.07 Å². The molecule has 1 aromatic carbocycles. The second kappa shape index (κ2) is 5.40. The molecule has 0 bridgehead atoms. The van der Waals surface area contributed by atoms with Crippen molar-refractivity contribution < 1.29 is 17.6 Å². The average molecular weight is 347 g/mol. The van der Waals surface area contributed by atoms with Crippen molar-refractivity contribution in [3.8, 4) is 0 Å². The number of nitrogens with one attached hydrogen (secondary N) is 2. The summed E-state index contributed by atoms with van der Waals surface area (Å²) in [6.45, 7) is 0.